The van der Waals surface area contributed by atoms with Crippen LogP contribution in [0.15, 0.2) is 42.6 Å². The fraction of sp³-hybridized carbons (Fsp3) is 0.474. The maximum atomic E-state index is 12.8. The van der Waals surface area contributed by atoms with Gasteiger partial charge in [0, 0.05) is 12.7 Å². The second-order valence-electron chi connectivity index (χ2n) is 6.52. The molecule has 26 heavy (non-hydrogen) atoms. The van der Waals surface area contributed by atoms with Crippen molar-refractivity contribution in [2.45, 2.75) is 37.9 Å². The highest BCUT2D eigenvalue weighted by atomic mass is 19.4. The van der Waals surface area contributed by atoms with E-state index in [-0.39, 0.29) is 11.9 Å². The summed E-state index contributed by atoms with van der Waals surface area (Å²) in [6.45, 7) is 2.50. The van der Waals surface area contributed by atoms with Gasteiger partial charge >= 0.3 is 6.18 Å². The van der Waals surface area contributed by atoms with E-state index in [1.54, 1.807) is 0 Å². The molecular weight excluding hydrogens is 341 g/mol. The van der Waals surface area contributed by atoms with Gasteiger partial charge in [-0.2, -0.15) is 13.2 Å². The molecule has 3 rings (SSSR count). The van der Waals surface area contributed by atoms with Gasteiger partial charge in [0.2, 0.25) is 5.82 Å². The Balaban J connectivity index is 1.76. The van der Waals surface area contributed by atoms with E-state index in [0.29, 0.717) is 6.54 Å². The van der Waals surface area contributed by atoms with Crippen LogP contribution in [-0.4, -0.2) is 34.5 Å². The van der Waals surface area contributed by atoms with Crippen molar-refractivity contribution in [2.24, 2.45) is 0 Å². The highest BCUT2D eigenvalue weighted by Gasteiger charge is 2.34. The van der Waals surface area contributed by atoms with Crippen LogP contribution in [0, 0.1) is 0 Å². The average molecular weight is 364 g/mol. The third-order valence-corrected chi connectivity index (χ3v) is 4.65. The molecule has 1 atom stereocenters. The normalized spacial score (nSPS) is 17.5. The fourth-order valence-corrected chi connectivity index (χ4v) is 3.33. The zero-order chi connectivity index (χ0) is 18.4. The molecular formula is C19H23F3N4. The Labute approximate surface area is 151 Å². The first-order valence-corrected chi connectivity index (χ1v) is 8.97. The molecule has 0 saturated carbocycles. The topological polar surface area (TPSA) is 41.1 Å². The van der Waals surface area contributed by atoms with E-state index in [4.69, 9.17) is 0 Å². The molecule has 1 aromatic heterocycles. The minimum absolute atomic E-state index is 0.0959. The van der Waals surface area contributed by atoms with Crippen LogP contribution < -0.4 is 5.32 Å². The maximum Gasteiger partial charge on any atom is 0.451 e. The van der Waals surface area contributed by atoms with Crippen molar-refractivity contribution in [3.8, 4) is 0 Å². The number of aromatic nitrogens is 2. The van der Waals surface area contributed by atoms with Crippen molar-refractivity contribution in [3.63, 3.8) is 0 Å². The Morgan fingerprint density at radius 2 is 1.69 bits per heavy atom. The summed E-state index contributed by atoms with van der Waals surface area (Å²) in [7, 11) is 0. The quantitative estimate of drug-likeness (QED) is 0.847. The van der Waals surface area contributed by atoms with Gasteiger partial charge in [0.1, 0.15) is 5.82 Å². The van der Waals surface area contributed by atoms with E-state index in [1.807, 2.05) is 18.2 Å². The summed E-state index contributed by atoms with van der Waals surface area (Å²) in [4.78, 5) is 9.34. The molecule has 0 amide bonds. The van der Waals surface area contributed by atoms with Crippen molar-refractivity contribution >= 4 is 5.82 Å². The van der Waals surface area contributed by atoms with E-state index in [1.165, 1.54) is 18.9 Å². The number of rotatable bonds is 5. The van der Waals surface area contributed by atoms with Crippen LogP contribution in [0.5, 0.6) is 0 Å². The number of hydrogen-bond acceptors (Lipinski definition) is 4. The lowest BCUT2D eigenvalue weighted by molar-refractivity contribution is -0.144. The summed E-state index contributed by atoms with van der Waals surface area (Å²) in [6, 6.07) is 11.7. The summed E-state index contributed by atoms with van der Waals surface area (Å²) < 4.78 is 38.4. The van der Waals surface area contributed by atoms with Gasteiger partial charge in [0.15, 0.2) is 0 Å². The molecule has 1 unspecified atom stereocenters. The van der Waals surface area contributed by atoms with Gasteiger partial charge in [-0.05, 0) is 37.6 Å². The smallest absolute Gasteiger partial charge is 0.368 e. The molecule has 1 aliphatic rings. The Morgan fingerprint density at radius 3 is 2.35 bits per heavy atom. The Hall–Kier alpha value is -2.15. The average Bonchev–Trinajstić information content (AvgIpc) is 2.92. The first-order chi connectivity index (χ1) is 12.5. The molecule has 0 aliphatic carbocycles. The molecule has 1 aliphatic heterocycles. The van der Waals surface area contributed by atoms with Crippen molar-refractivity contribution in [1.29, 1.82) is 0 Å². The first kappa shape index (κ1) is 18.6. The molecule has 0 bridgehead atoms. The fourth-order valence-electron chi connectivity index (χ4n) is 3.33. The van der Waals surface area contributed by atoms with Crippen molar-refractivity contribution in [2.75, 3.05) is 25.0 Å². The maximum absolute atomic E-state index is 12.8. The lowest BCUT2D eigenvalue weighted by Gasteiger charge is -2.31. The van der Waals surface area contributed by atoms with Crippen LogP contribution in [-0.2, 0) is 6.18 Å². The minimum Gasteiger partial charge on any atom is -0.368 e. The van der Waals surface area contributed by atoms with Gasteiger partial charge in [-0.1, -0.05) is 43.2 Å². The van der Waals surface area contributed by atoms with Gasteiger partial charge in [-0.25, -0.2) is 9.97 Å². The van der Waals surface area contributed by atoms with Crippen LogP contribution in [0.3, 0.4) is 0 Å². The number of halogens is 3. The standard InChI is InChI=1S/C19H23F3N4/c20-19(21,22)18-23-11-10-17(25-18)24-14-16(15-8-4-3-5-9-15)26-12-6-1-2-7-13-26/h3-5,8-11,16H,1-2,6-7,12-14H2,(H,23,24,25). The van der Waals surface area contributed by atoms with Gasteiger partial charge in [0.25, 0.3) is 0 Å². The lowest BCUT2D eigenvalue weighted by Crippen LogP contribution is -2.34. The third-order valence-electron chi connectivity index (χ3n) is 4.65. The Kier molecular flexibility index (Phi) is 6.08. The molecule has 1 aromatic carbocycles. The number of hydrogen-bond donors (Lipinski definition) is 1. The number of benzene rings is 1. The third kappa shape index (κ3) is 4.94. The summed E-state index contributed by atoms with van der Waals surface area (Å²) >= 11 is 0. The molecule has 7 heteroatoms. The van der Waals surface area contributed by atoms with Crippen LogP contribution >= 0.6 is 0 Å². The summed E-state index contributed by atoms with van der Waals surface area (Å²) in [5, 5.41) is 3.08. The Morgan fingerprint density at radius 1 is 1.00 bits per heavy atom. The number of alkyl halides is 3. The number of nitrogens with one attached hydrogen (secondary N) is 1. The SMILES string of the molecule is FC(F)(F)c1nccc(NCC(c2ccccc2)N2CCCCCC2)n1. The zero-order valence-electron chi connectivity index (χ0n) is 14.5. The Bertz CT molecular complexity index is 683. The zero-order valence-corrected chi connectivity index (χ0v) is 14.5. The monoisotopic (exact) mass is 364 g/mol. The summed E-state index contributed by atoms with van der Waals surface area (Å²) in [6.07, 6.45) is 1.35. The van der Waals surface area contributed by atoms with E-state index < -0.39 is 12.0 Å². The molecule has 1 N–H and O–H groups in total. The number of likely N-dealkylation sites (tertiary alicyclic amines) is 1. The molecule has 0 spiro atoms. The van der Waals surface area contributed by atoms with E-state index >= 15 is 0 Å². The molecule has 4 nitrogen and oxygen atoms in total. The molecule has 2 aromatic rings. The van der Waals surface area contributed by atoms with Gasteiger partial charge in [0.05, 0.1) is 6.04 Å². The van der Waals surface area contributed by atoms with Gasteiger partial charge in [-0.15, -0.1) is 0 Å². The minimum atomic E-state index is -4.54. The van der Waals surface area contributed by atoms with Crippen LogP contribution in [0.25, 0.3) is 0 Å². The van der Waals surface area contributed by atoms with E-state index in [9.17, 15) is 13.2 Å². The number of nitrogens with zero attached hydrogens (tertiary/aromatic N) is 3. The van der Waals surface area contributed by atoms with Gasteiger partial charge < -0.3 is 5.32 Å². The largest absolute Gasteiger partial charge is 0.451 e. The predicted octanol–water partition coefficient (Wildman–Crippen LogP) is 4.52. The van der Waals surface area contributed by atoms with Crippen LogP contribution in [0.1, 0.15) is 43.1 Å². The van der Waals surface area contributed by atoms with Crippen LogP contribution in [0.4, 0.5) is 19.0 Å². The second-order valence-corrected chi connectivity index (χ2v) is 6.52. The molecule has 0 radical (unpaired) electrons. The molecule has 2 heterocycles. The highest BCUT2D eigenvalue weighted by molar-refractivity contribution is 5.34. The van der Waals surface area contributed by atoms with E-state index in [2.05, 4.69) is 32.3 Å². The summed E-state index contributed by atoms with van der Waals surface area (Å²) in [5.74, 6) is -0.920. The highest BCUT2D eigenvalue weighted by Crippen LogP contribution is 2.27. The van der Waals surface area contributed by atoms with E-state index in [0.717, 1.165) is 37.7 Å². The number of anilines is 1. The molecule has 1 fully saturated rings. The van der Waals surface area contributed by atoms with Crippen molar-refractivity contribution in [1.82, 2.24) is 14.9 Å². The molecule has 140 valence electrons. The van der Waals surface area contributed by atoms with Crippen LogP contribution in [0.2, 0.25) is 0 Å². The second kappa shape index (κ2) is 8.49. The van der Waals surface area contributed by atoms with Gasteiger partial charge in [-0.3, -0.25) is 4.90 Å². The summed E-state index contributed by atoms with van der Waals surface area (Å²) in [5.41, 5.74) is 1.16. The van der Waals surface area contributed by atoms with Crippen molar-refractivity contribution in [3.05, 3.63) is 54.0 Å². The first-order valence-electron chi connectivity index (χ1n) is 8.97. The predicted molar refractivity (Wildman–Crippen MR) is 94.7 cm³/mol. The molecule has 1 saturated heterocycles. The lowest BCUT2D eigenvalue weighted by atomic mass is 10.0. The van der Waals surface area contributed by atoms with Crippen molar-refractivity contribution < 1.29 is 13.2 Å².